The number of hydrogen-bond donors (Lipinski definition) is 0. The van der Waals surface area contributed by atoms with Gasteiger partial charge in [0.25, 0.3) is 5.91 Å². The van der Waals surface area contributed by atoms with Crippen LogP contribution in [-0.4, -0.2) is 67.0 Å². The molecule has 2 saturated heterocycles. The van der Waals surface area contributed by atoms with Gasteiger partial charge in [-0.25, -0.2) is 13.4 Å². The van der Waals surface area contributed by atoms with Gasteiger partial charge in [0.05, 0.1) is 12.3 Å². The molecule has 2 aliphatic heterocycles. The van der Waals surface area contributed by atoms with E-state index >= 15 is 0 Å². The van der Waals surface area contributed by atoms with Crippen LogP contribution in [0.2, 0.25) is 0 Å². The van der Waals surface area contributed by atoms with Gasteiger partial charge in [0.1, 0.15) is 5.75 Å². The molecule has 2 rings (SSSR count). The average molecular weight is 250 g/mol. The highest BCUT2D eigenvalue weighted by Crippen LogP contribution is 2.15. The van der Waals surface area contributed by atoms with Gasteiger partial charge in [-0.1, -0.05) is 0 Å². The molecule has 0 N–H and O–H groups in total. The van der Waals surface area contributed by atoms with Crippen LogP contribution >= 0.6 is 11.8 Å². The van der Waals surface area contributed by atoms with Gasteiger partial charge in [-0.05, 0) is 0 Å². The van der Waals surface area contributed by atoms with E-state index in [0.717, 1.165) is 24.6 Å². The Kier molecular flexibility index (Phi) is 3.22. The zero-order valence-electron chi connectivity index (χ0n) is 8.39. The van der Waals surface area contributed by atoms with Crippen molar-refractivity contribution in [2.45, 2.75) is 0 Å². The standard InChI is InChI=1S/C8H14N2O3S2/c11-8-7-15(12,13)6-3-10(8)9-1-4-14-5-2-9/h1-7H2. The minimum absolute atomic E-state index is 0.0996. The average Bonchev–Trinajstić information content (AvgIpc) is 2.17. The van der Waals surface area contributed by atoms with Gasteiger partial charge in [0, 0.05) is 24.6 Å². The smallest absolute Gasteiger partial charge is 0.252 e. The molecule has 15 heavy (non-hydrogen) atoms. The first kappa shape index (κ1) is 11.2. The number of amides is 1. The van der Waals surface area contributed by atoms with Crippen LogP contribution in [0.5, 0.6) is 0 Å². The van der Waals surface area contributed by atoms with E-state index in [0.29, 0.717) is 6.54 Å². The van der Waals surface area contributed by atoms with E-state index < -0.39 is 9.84 Å². The fourth-order valence-electron chi connectivity index (χ4n) is 1.78. The summed E-state index contributed by atoms with van der Waals surface area (Å²) in [6, 6.07) is 0. The summed E-state index contributed by atoms with van der Waals surface area (Å²) in [7, 11) is -3.13. The van der Waals surface area contributed by atoms with Gasteiger partial charge in [0.15, 0.2) is 9.84 Å². The van der Waals surface area contributed by atoms with Crippen molar-refractivity contribution in [1.29, 1.82) is 0 Å². The van der Waals surface area contributed by atoms with Crippen LogP contribution in [0.25, 0.3) is 0 Å². The first-order valence-electron chi connectivity index (χ1n) is 4.92. The lowest BCUT2D eigenvalue weighted by molar-refractivity contribution is -0.145. The summed E-state index contributed by atoms with van der Waals surface area (Å²) in [6.07, 6.45) is 0. The normalized spacial score (nSPS) is 28.0. The van der Waals surface area contributed by atoms with E-state index in [1.54, 1.807) is 5.01 Å². The monoisotopic (exact) mass is 250 g/mol. The molecule has 86 valence electrons. The van der Waals surface area contributed by atoms with E-state index in [1.165, 1.54) is 0 Å². The Balaban J connectivity index is 2.02. The molecule has 0 aromatic carbocycles. The van der Waals surface area contributed by atoms with Crippen molar-refractivity contribution < 1.29 is 13.2 Å². The largest absolute Gasteiger partial charge is 0.273 e. The molecule has 0 aliphatic carbocycles. The second kappa shape index (κ2) is 4.31. The van der Waals surface area contributed by atoms with Crippen LogP contribution in [0.1, 0.15) is 0 Å². The maximum atomic E-state index is 11.6. The number of rotatable bonds is 1. The molecule has 2 fully saturated rings. The van der Waals surface area contributed by atoms with Crippen molar-refractivity contribution in [2.75, 3.05) is 42.6 Å². The molecule has 0 unspecified atom stereocenters. The number of sulfone groups is 1. The highest BCUT2D eigenvalue weighted by molar-refractivity contribution is 7.99. The van der Waals surface area contributed by atoms with Crippen LogP contribution in [0.3, 0.4) is 0 Å². The number of carbonyl (C=O) groups is 1. The SMILES string of the molecule is O=C1CS(=O)(=O)CCN1N1CCSCC1. The molecule has 2 aliphatic rings. The number of carbonyl (C=O) groups excluding carboxylic acids is 1. The summed E-state index contributed by atoms with van der Waals surface area (Å²) in [4.78, 5) is 11.6. The van der Waals surface area contributed by atoms with Crippen LogP contribution in [-0.2, 0) is 14.6 Å². The van der Waals surface area contributed by atoms with E-state index in [2.05, 4.69) is 0 Å². The van der Waals surface area contributed by atoms with Gasteiger partial charge < -0.3 is 0 Å². The van der Waals surface area contributed by atoms with Crippen molar-refractivity contribution in [3.8, 4) is 0 Å². The third-order valence-electron chi connectivity index (χ3n) is 2.57. The summed E-state index contributed by atoms with van der Waals surface area (Å²) in [6.45, 7) is 2.01. The molecule has 1 amide bonds. The second-order valence-corrected chi connectivity index (χ2v) is 7.08. The fourth-order valence-corrected chi connectivity index (χ4v) is 3.78. The highest BCUT2D eigenvalue weighted by Gasteiger charge is 2.32. The maximum Gasteiger partial charge on any atom is 0.252 e. The van der Waals surface area contributed by atoms with Gasteiger partial charge in [-0.15, -0.1) is 0 Å². The summed E-state index contributed by atoms with van der Waals surface area (Å²) in [5.41, 5.74) is 0. The van der Waals surface area contributed by atoms with Crippen molar-refractivity contribution in [2.24, 2.45) is 0 Å². The molecule has 7 heteroatoms. The molecule has 0 aromatic rings. The van der Waals surface area contributed by atoms with Crippen molar-refractivity contribution in [3.05, 3.63) is 0 Å². The second-order valence-electron chi connectivity index (χ2n) is 3.67. The van der Waals surface area contributed by atoms with Gasteiger partial charge in [-0.3, -0.25) is 9.80 Å². The lowest BCUT2D eigenvalue weighted by atomic mass is 10.5. The van der Waals surface area contributed by atoms with E-state index in [-0.39, 0.29) is 17.4 Å². The Morgan fingerprint density at radius 2 is 1.80 bits per heavy atom. The van der Waals surface area contributed by atoms with Crippen LogP contribution in [0.4, 0.5) is 0 Å². The predicted octanol–water partition coefficient (Wildman–Crippen LogP) is -0.793. The van der Waals surface area contributed by atoms with Crippen molar-refractivity contribution in [1.82, 2.24) is 10.0 Å². The Hall–Kier alpha value is -0.270. The first-order valence-corrected chi connectivity index (χ1v) is 7.89. The summed E-state index contributed by atoms with van der Waals surface area (Å²) >= 11 is 1.87. The van der Waals surface area contributed by atoms with Crippen LogP contribution in [0, 0.1) is 0 Å². The molecule has 0 bridgehead atoms. The van der Waals surface area contributed by atoms with Gasteiger partial charge in [-0.2, -0.15) is 11.8 Å². The molecule has 0 aromatic heterocycles. The summed E-state index contributed by atoms with van der Waals surface area (Å²) < 4.78 is 22.4. The summed E-state index contributed by atoms with van der Waals surface area (Å²) in [5, 5.41) is 3.59. The minimum atomic E-state index is -3.13. The van der Waals surface area contributed by atoms with E-state index in [4.69, 9.17) is 0 Å². The molecule has 0 saturated carbocycles. The quantitative estimate of drug-likeness (QED) is 0.610. The van der Waals surface area contributed by atoms with Gasteiger partial charge in [0.2, 0.25) is 0 Å². The number of hydrazine groups is 1. The van der Waals surface area contributed by atoms with E-state index in [9.17, 15) is 13.2 Å². The predicted molar refractivity (Wildman–Crippen MR) is 59.3 cm³/mol. The fraction of sp³-hybridized carbons (Fsp3) is 0.875. The topological polar surface area (TPSA) is 57.7 Å². The molecule has 2 heterocycles. The zero-order valence-corrected chi connectivity index (χ0v) is 10.0. The Morgan fingerprint density at radius 1 is 1.13 bits per heavy atom. The van der Waals surface area contributed by atoms with Crippen molar-refractivity contribution in [3.63, 3.8) is 0 Å². The lowest BCUT2D eigenvalue weighted by Gasteiger charge is -2.38. The van der Waals surface area contributed by atoms with E-state index in [1.807, 2.05) is 16.8 Å². The molecule has 0 radical (unpaired) electrons. The third-order valence-corrected chi connectivity index (χ3v) is 5.01. The Labute approximate surface area is 93.7 Å². The highest BCUT2D eigenvalue weighted by atomic mass is 32.2. The maximum absolute atomic E-state index is 11.6. The summed E-state index contributed by atoms with van der Waals surface area (Å²) in [5.74, 6) is 1.53. The Morgan fingerprint density at radius 3 is 2.40 bits per heavy atom. The van der Waals surface area contributed by atoms with Crippen LogP contribution in [0.15, 0.2) is 0 Å². The van der Waals surface area contributed by atoms with Gasteiger partial charge >= 0.3 is 0 Å². The first-order chi connectivity index (χ1) is 7.08. The number of hydrogen-bond acceptors (Lipinski definition) is 5. The molecule has 5 nitrogen and oxygen atoms in total. The third kappa shape index (κ3) is 2.64. The zero-order chi connectivity index (χ0) is 10.9. The number of nitrogens with zero attached hydrogens (tertiary/aromatic N) is 2. The minimum Gasteiger partial charge on any atom is -0.273 e. The molecular formula is C8H14N2O3S2. The molecule has 0 spiro atoms. The van der Waals surface area contributed by atoms with Crippen molar-refractivity contribution >= 4 is 27.5 Å². The lowest BCUT2D eigenvalue weighted by Crippen LogP contribution is -2.56. The molecular weight excluding hydrogens is 236 g/mol. The number of thioether (sulfide) groups is 1. The molecule has 0 atom stereocenters. The van der Waals surface area contributed by atoms with Crippen LogP contribution < -0.4 is 0 Å². The Bertz CT molecular complexity index is 349.